The SMILES string of the molecule is COc1ccc2c(c1)C(N1CCN(C(=O)C3CCC3)CC1)CC2. The minimum absolute atomic E-state index is 0.331. The summed E-state index contributed by atoms with van der Waals surface area (Å²) in [5.74, 6) is 1.69. The molecule has 4 heteroatoms. The van der Waals surface area contributed by atoms with Crippen molar-refractivity contribution in [1.82, 2.24) is 9.80 Å². The van der Waals surface area contributed by atoms with Crippen LogP contribution >= 0.6 is 0 Å². The predicted octanol–water partition coefficient (Wildman–Crippen LogP) is 2.63. The third kappa shape index (κ3) is 2.74. The van der Waals surface area contributed by atoms with Crippen molar-refractivity contribution in [3.8, 4) is 5.75 Å². The summed E-state index contributed by atoms with van der Waals surface area (Å²) in [6.45, 7) is 3.79. The molecule has 0 radical (unpaired) electrons. The van der Waals surface area contributed by atoms with Gasteiger partial charge in [0, 0.05) is 38.1 Å². The number of benzene rings is 1. The molecule has 0 aromatic heterocycles. The van der Waals surface area contributed by atoms with Gasteiger partial charge in [-0.3, -0.25) is 9.69 Å². The molecule has 1 aromatic carbocycles. The van der Waals surface area contributed by atoms with E-state index in [0.717, 1.165) is 51.2 Å². The van der Waals surface area contributed by atoms with Gasteiger partial charge in [0.25, 0.3) is 0 Å². The molecule has 1 saturated heterocycles. The van der Waals surface area contributed by atoms with E-state index in [-0.39, 0.29) is 0 Å². The van der Waals surface area contributed by atoms with Crippen LogP contribution in [0.4, 0.5) is 0 Å². The Kier molecular flexibility index (Phi) is 4.02. The van der Waals surface area contributed by atoms with Gasteiger partial charge < -0.3 is 9.64 Å². The molecule has 1 amide bonds. The third-order valence-corrected chi connectivity index (χ3v) is 5.92. The van der Waals surface area contributed by atoms with Gasteiger partial charge in [-0.25, -0.2) is 0 Å². The molecule has 124 valence electrons. The number of carbonyl (C=O) groups excluding carboxylic acids is 1. The van der Waals surface area contributed by atoms with Gasteiger partial charge in [0.1, 0.15) is 5.75 Å². The molecule has 2 fully saturated rings. The van der Waals surface area contributed by atoms with E-state index in [1.165, 1.54) is 24.0 Å². The Morgan fingerprint density at radius 2 is 1.91 bits per heavy atom. The van der Waals surface area contributed by atoms with Gasteiger partial charge in [-0.2, -0.15) is 0 Å². The quantitative estimate of drug-likeness (QED) is 0.860. The smallest absolute Gasteiger partial charge is 0.225 e. The van der Waals surface area contributed by atoms with Crippen LogP contribution in [0.2, 0.25) is 0 Å². The lowest BCUT2D eigenvalue weighted by Gasteiger charge is -2.40. The maximum Gasteiger partial charge on any atom is 0.225 e. The van der Waals surface area contributed by atoms with Crippen LogP contribution in [0.3, 0.4) is 0 Å². The molecule has 1 heterocycles. The number of ether oxygens (including phenoxy) is 1. The van der Waals surface area contributed by atoms with Crippen molar-refractivity contribution in [3.05, 3.63) is 29.3 Å². The molecule has 2 aliphatic carbocycles. The zero-order chi connectivity index (χ0) is 15.8. The second kappa shape index (κ2) is 6.16. The van der Waals surface area contributed by atoms with Crippen molar-refractivity contribution >= 4 is 5.91 Å². The summed E-state index contributed by atoms with van der Waals surface area (Å²) in [6.07, 6.45) is 5.80. The Balaban J connectivity index is 1.41. The number of hydrogen-bond donors (Lipinski definition) is 0. The van der Waals surface area contributed by atoms with Gasteiger partial charge in [-0.15, -0.1) is 0 Å². The molecule has 1 saturated carbocycles. The average Bonchev–Trinajstić information content (AvgIpc) is 2.96. The fourth-order valence-corrected chi connectivity index (χ4v) is 4.23. The minimum Gasteiger partial charge on any atom is -0.497 e. The molecule has 1 aromatic rings. The summed E-state index contributed by atoms with van der Waals surface area (Å²) in [5, 5.41) is 0. The number of amides is 1. The number of hydrogen-bond acceptors (Lipinski definition) is 3. The lowest BCUT2D eigenvalue weighted by atomic mass is 9.84. The third-order valence-electron chi connectivity index (χ3n) is 5.92. The van der Waals surface area contributed by atoms with Crippen LogP contribution in [-0.4, -0.2) is 49.0 Å². The van der Waals surface area contributed by atoms with E-state index >= 15 is 0 Å². The van der Waals surface area contributed by atoms with Crippen molar-refractivity contribution in [2.45, 2.75) is 38.1 Å². The highest BCUT2D eigenvalue weighted by Gasteiger charge is 2.34. The van der Waals surface area contributed by atoms with Crippen LogP contribution in [0.1, 0.15) is 42.9 Å². The van der Waals surface area contributed by atoms with Gasteiger partial charge in [-0.05, 0) is 48.9 Å². The van der Waals surface area contributed by atoms with Gasteiger partial charge in [0.2, 0.25) is 5.91 Å². The standard InChI is InChI=1S/C19H26N2O2/c1-23-16-7-5-14-6-8-18(17(14)13-16)20-9-11-21(12-10-20)19(22)15-3-2-4-15/h5,7,13,15,18H,2-4,6,8-12H2,1H3. The molecule has 4 nitrogen and oxygen atoms in total. The zero-order valence-electron chi connectivity index (χ0n) is 14.0. The van der Waals surface area contributed by atoms with Crippen LogP contribution in [0, 0.1) is 5.92 Å². The zero-order valence-corrected chi connectivity index (χ0v) is 14.0. The molecular formula is C19H26N2O2. The van der Waals surface area contributed by atoms with Gasteiger partial charge in [0.05, 0.1) is 7.11 Å². The van der Waals surface area contributed by atoms with Crippen molar-refractivity contribution in [2.75, 3.05) is 33.3 Å². The number of piperazine rings is 1. The summed E-state index contributed by atoms with van der Waals surface area (Å²) in [5.41, 5.74) is 2.90. The van der Waals surface area contributed by atoms with Gasteiger partial charge >= 0.3 is 0 Å². The monoisotopic (exact) mass is 314 g/mol. The Morgan fingerprint density at radius 1 is 1.13 bits per heavy atom. The molecule has 4 rings (SSSR count). The fraction of sp³-hybridized carbons (Fsp3) is 0.632. The number of fused-ring (bicyclic) bond motifs is 1. The molecule has 1 unspecified atom stereocenters. The number of aryl methyl sites for hydroxylation is 1. The number of nitrogens with zero attached hydrogens (tertiary/aromatic N) is 2. The second-order valence-corrected chi connectivity index (χ2v) is 7.11. The molecule has 0 bridgehead atoms. The molecule has 0 N–H and O–H groups in total. The molecule has 23 heavy (non-hydrogen) atoms. The molecule has 3 aliphatic rings. The highest BCUT2D eigenvalue weighted by molar-refractivity contribution is 5.79. The van der Waals surface area contributed by atoms with E-state index < -0.39 is 0 Å². The predicted molar refractivity (Wildman–Crippen MR) is 89.6 cm³/mol. The topological polar surface area (TPSA) is 32.8 Å². The molecular weight excluding hydrogens is 288 g/mol. The Bertz CT molecular complexity index is 589. The highest BCUT2D eigenvalue weighted by Crippen LogP contribution is 2.38. The summed E-state index contributed by atoms with van der Waals surface area (Å²) >= 11 is 0. The first-order valence-corrected chi connectivity index (χ1v) is 8.96. The van der Waals surface area contributed by atoms with E-state index in [1.54, 1.807) is 7.11 Å². The first-order chi connectivity index (χ1) is 11.3. The van der Waals surface area contributed by atoms with Crippen LogP contribution in [-0.2, 0) is 11.2 Å². The first kappa shape index (κ1) is 15.0. The largest absolute Gasteiger partial charge is 0.497 e. The van der Waals surface area contributed by atoms with Gasteiger partial charge in [0.15, 0.2) is 0 Å². The van der Waals surface area contributed by atoms with E-state index in [9.17, 15) is 4.79 Å². The number of rotatable bonds is 3. The molecule has 0 spiro atoms. The van der Waals surface area contributed by atoms with Crippen molar-refractivity contribution < 1.29 is 9.53 Å². The van der Waals surface area contributed by atoms with Crippen LogP contribution in [0.25, 0.3) is 0 Å². The lowest BCUT2D eigenvalue weighted by Crippen LogP contribution is -2.51. The van der Waals surface area contributed by atoms with Gasteiger partial charge in [-0.1, -0.05) is 12.5 Å². The normalized spacial score (nSPS) is 25.1. The van der Waals surface area contributed by atoms with Crippen LogP contribution in [0.5, 0.6) is 5.75 Å². The lowest BCUT2D eigenvalue weighted by molar-refractivity contribution is -0.140. The number of methoxy groups -OCH3 is 1. The van der Waals surface area contributed by atoms with Crippen LogP contribution < -0.4 is 4.74 Å². The molecule has 1 aliphatic heterocycles. The Morgan fingerprint density at radius 3 is 2.57 bits per heavy atom. The van der Waals surface area contributed by atoms with Crippen molar-refractivity contribution in [2.24, 2.45) is 5.92 Å². The van der Waals surface area contributed by atoms with E-state index in [0.29, 0.717) is 17.9 Å². The molecule has 1 atom stereocenters. The van der Waals surface area contributed by atoms with E-state index in [2.05, 4.69) is 28.0 Å². The first-order valence-electron chi connectivity index (χ1n) is 8.96. The second-order valence-electron chi connectivity index (χ2n) is 7.11. The van der Waals surface area contributed by atoms with Crippen LogP contribution in [0.15, 0.2) is 18.2 Å². The average molecular weight is 314 g/mol. The summed E-state index contributed by atoms with van der Waals surface area (Å²) in [6, 6.07) is 6.99. The maximum atomic E-state index is 12.4. The Labute approximate surface area is 138 Å². The van der Waals surface area contributed by atoms with Crippen molar-refractivity contribution in [1.29, 1.82) is 0 Å². The number of carbonyl (C=O) groups is 1. The maximum absolute atomic E-state index is 12.4. The summed E-state index contributed by atoms with van der Waals surface area (Å²) in [4.78, 5) is 17.0. The van der Waals surface area contributed by atoms with E-state index in [4.69, 9.17) is 4.74 Å². The highest BCUT2D eigenvalue weighted by atomic mass is 16.5. The summed E-state index contributed by atoms with van der Waals surface area (Å²) in [7, 11) is 1.73. The fourth-order valence-electron chi connectivity index (χ4n) is 4.23. The van der Waals surface area contributed by atoms with E-state index in [1.807, 2.05) is 0 Å². The van der Waals surface area contributed by atoms with Crippen molar-refractivity contribution in [3.63, 3.8) is 0 Å². The Hall–Kier alpha value is -1.55. The minimum atomic E-state index is 0.331. The summed E-state index contributed by atoms with van der Waals surface area (Å²) < 4.78 is 5.40.